The maximum Gasteiger partial charge on any atom is 0.321 e. The highest BCUT2D eigenvalue weighted by Gasteiger charge is 2.27. The summed E-state index contributed by atoms with van der Waals surface area (Å²) in [5.41, 5.74) is 4.84. The van der Waals surface area contributed by atoms with E-state index >= 15 is 0 Å². The lowest BCUT2D eigenvalue weighted by Crippen LogP contribution is -2.46. The molecule has 2 atom stereocenters. The van der Waals surface area contributed by atoms with Crippen LogP contribution in [0, 0.1) is 0 Å². The van der Waals surface area contributed by atoms with Gasteiger partial charge in [-0.1, -0.05) is 0 Å². The molecule has 0 aliphatic rings. The summed E-state index contributed by atoms with van der Waals surface area (Å²) < 4.78 is 0. The van der Waals surface area contributed by atoms with Crippen LogP contribution in [-0.2, 0) is 14.4 Å². The van der Waals surface area contributed by atoms with Gasteiger partial charge in [0.05, 0.1) is 11.7 Å². The van der Waals surface area contributed by atoms with E-state index in [1.165, 1.54) is 0 Å². The van der Waals surface area contributed by atoms with E-state index < -0.39 is 34.7 Å². The standard InChI is InChI=1S/C11H20N2O5S/c1-11(2,3)13-9(16)7(4-8(14)15)19-5-6(12)10(17)18/h6-7H,4-5,12H2,1-3H3,(H,13,16)(H,14,15)(H,17,18). The van der Waals surface area contributed by atoms with Gasteiger partial charge in [0.15, 0.2) is 0 Å². The lowest BCUT2D eigenvalue weighted by atomic mass is 10.1. The number of carboxylic acids is 2. The Hall–Kier alpha value is -1.28. The van der Waals surface area contributed by atoms with Crippen molar-refractivity contribution in [1.29, 1.82) is 0 Å². The number of hydrogen-bond donors (Lipinski definition) is 4. The molecule has 7 nitrogen and oxygen atoms in total. The van der Waals surface area contributed by atoms with Crippen LogP contribution in [0.3, 0.4) is 0 Å². The van der Waals surface area contributed by atoms with Crippen molar-refractivity contribution < 1.29 is 24.6 Å². The van der Waals surface area contributed by atoms with Crippen molar-refractivity contribution >= 4 is 29.6 Å². The molecule has 1 amide bonds. The Labute approximate surface area is 115 Å². The zero-order valence-corrected chi connectivity index (χ0v) is 12.0. The van der Waals surface area contributed by atoms with E-state index in [1.807, 2.05) is 0 Å². The zero-order chi connectivity index (χ0) is 15.2. The molecule has 0 aromatic carbocycles. The van der Waals surface area contributed by atoms with Crippen LogP contribution < -0.4 is 11.1 Å². The predicted octanol–water partition coefficient (Wildman–Crippen LogP) is -0.110. The number of carboxylic acid groups (broad SMARTS) is 2. The van der Waals surface area contributed by atoms with Gasteiger partial charge in [-0.05, 0) is 20.8 Å². The van der Waals surface area contributed by atoms with Crippen molar-refractivity contribution in [3.8, 4) is 0 Å². The molecule has 0 aliphatic heterocycles. The molecule has 0 spiro atoms. The van der Waals surface area contributed by atoms with Gasteiger partial charge < -0.3 is 21.3 Å². The minimum Gasteiger partial charge on any atom is -0.481 e. The number of carbonyl (C=O) groups excluding carboxylic acids is 1. The highest BCUT2D eigenvalue weighted by atomic mass is 32.2. The van der Waals surface area contributed by atoms with Crippen molar-refractivity contribution in [1.82, 2.24) is 5.32 Å². The number of rotatable bonds is 7. The maximum absolute atomic E-state index is 11.9. The molecule has 0 fully saturated rings. The van der Waals surface area contributed by atoms with E-state index in [2.05, 4.69) is 5.32 Å². The third-order valence-corrected chi connectivity index (χ3v) is 3.28. The molecule has 8 heteroatoms. The lowest BCUT2D eigenvalue weighted by Gasteiger charge is -2.24. The van der Waals surface area contributed by atoms with E-state index in [0.29, 0.717) is 0 Å². The monoisotopic (exact) mass is 292 g/mol. The zero-order valence-electron chi connectivity index (χ0n) is 11.2. The van der Waals surface area contributed by atoms with Gasteiger partial charge in [-0.3, -0.25) is 14.4 Å². The average Bonchev–Trinajstić information content (AvgIpc) is 2.20. The number of thioether (sulfide) groups is 1. The molecule has 0 aromatic rings. The van der Waals surface area contributed by atoms with E-state index in [0.717, 1.165) is 11.8 Å². The van der Waals surface area contributed by atoms with Crippen molar-refractivity contribution in [2.75, 3.05) is 5.75 Å². The summed E-state index contributed by atoms with van der Waals surface area (Å²) in [6.07, 6.45) is -0.376. The number of amides is 1. The van der Waals surface area contributed by atoms with E-state index in [-0.39, 0.29) is 12.2 Å². The van der Waals surface area contributed by atoms with Crippen molar-refractivity contribution in [2.45, 2.75) is 44.0 Å². The van der Waals surface area contributed by atoms with E-state index in [1.54, 1.807) is 20.8 Å². The van der Waals surface area contributed by atoms with Crippen molar-refractivity contribution in [2.24, 2.45) is 5.73 Å². The van der Waals surface area contributed by atoms with E-state index in [9.17, 15) is 14.4 Å². The van der Waals surface area contributed by atoms with Crippen LogP contribution in [0.15, 0.2) is 0 Å². The molecule has 0 radical (unpaired) electrons. The summed E-state index contributed by atoms with van der Waals surface area (Å²) in [5, 5.41) is 19.2. The normalized spacial score (nSPS) is 14.5. The summed E-state index contributed by atoms with van der Waals surface area (Å²) in [4.78, 5) is 33.2. The number of nitrogens with two attached hydrogens (primary N) is 1. The van der Waals surface area contributed by atoms with Crippen LogP contribution in [0.25, 0.3) is 0 Å². The molecular weight excluding hydrogens is 272 g/mol. The fraction of sp³-hybridized carbons (Fsp3) is 0.727. The van der Waals surface area contributed by atoms with Gasteiger partial charge in [0.1, 0.15) is 6.04 Å². The second kappa shape index (κ2) is 7.34. The van der Waals surface area contributed by atoms with Gasteiger partial charge in [-0.2, -0.15) is 0 Å². The number of nitrogens with one attached hydrogen (secondary N) is 1. The van der Waals surface area contributed by atoms with Crippen molar-refractivity contribution in [3.63, 3.8) is 0 Å². The molecule has 0 saturated carbocycles. The fourth-order valence-corrected chi connectivity index (χ4v) is 2.18. The molecule has 0 bridgehead atoms. The van der Waals surface area contributed by atoms with Crippen LogP contribution in [0.1, 0.15) is 27.2 Å². The first kappa shape index (κ1) is 17.7. The Morgan fingerprint density at radius 1 is 1.26 bits per heavy atom. The van der Waals surface area contributed by atoms with Crippen LogP contribution in [0.2, 0.25) is 0 Å². The third-order valence-electron chi connectivity index (χ3n) is 1.94. The first-order valence-electron chi connectivity index (χ1n) is 5.66. The molecule has 110 valence electrons. The largest absolute Gasteiger partial charge is 0.481 e. The van der Waals surface area contributed by atoms with Gasteiger partial charge in [-0.15, -0.1) is 11.8 Å². The lowest BCUT2D eigenvalue weighted by molar-refractivity contribution is -0.138. The van der Waals surface area contributed by atoms with Crippen LogP contribution in [0.4, 0.5) is 0 Å². The molecule has 19 heavy (non-hydrogen) atoms. The van der Waals surface area contributed by atoms with Crippen LogP contribution >= 0.6 is 11.8 Å². The first-order valence-corrected chi connectivity index (χ1v) is 6.71. The minimum absolute atomic E-state index is 0.0230. The fourth-order valence-electron chi connectivity index (χ4n) is 1.13. The van der Waals surface area contributed by atoms with Crippen molar-refractivity contribution in [3.05, 3.63) is 0 Å². The smallest absolute Gasteiger partial charge is 0.321 e. The summed E-state index contributed by atoms with van der Waals surface area (Å²) >= 11 is 0.936. The molecule has 0 heterocycles. The van der Waals surface area contributed by atoms with Gasteiger partial charge in [-0.25, -0.2) is 0 Å². The second-order valence-electron chi connectivity index (χ2n) is 5.10. The van der Waals surface area contributed by atoms with Gasteiger partial charge in [0.2, 0.25) is 5.91 Å². The molecule has 0 saturated heterocycles. The number of aliphatic carboxylic acids is 2. The molecule has 0 rings (SSSR count). The quantitative estimate of drug-likeness (QED) is 0.515. The number of hydrogen-bond acceptors (Lipinski definition) is 5. The summed E-state index contributed by atoms with van der Waals surface area (Å²) in [6.45, 7) is 5.32. The summed E-state index contributed by atoms with van der Waals surface area (Å²) in [7, 11) is 0. The Balaban J connectivity index is 4.58. The highest BCUT2D eigenvalue weighted by Crippen LogP contribution is 2.17. The van der Waals surface area contributed by atoms with Gasteiger partial charge >= 0.3 is 11.9 Å². The SMILES string of the molecule is CC(C)(C)NC(=O)C(CC(=O)O)SCC(N)C(=O)O. The van der Waals surface area contributed by atoms with Gasteiger partial charge in [0, 0.05) is 11.3 Å². The Morgan fingerprint density at radius 3 is 2.16 bits per heavy atom. The Kier molecular flexibility index (Phi) is 6.85. The van der Waals surface area contributed by atoms with Crippen LogP contribution in [-0.4, -0.2) is 50.6 Å². The van der Waals surface area contributed by atoms with Gasteiger partial charge in [0.25, 0.3) is 0 Å². The third kappa shape index (κ3) is 8.44. The second-order valence-corrected chi connectivity index (χ2v) is 6.34. The predicted molar refractivity (Wildman–Crippen MR) is 72.0 cm³/mol. The molecule has 0 aliphatic carbocycles. The topological polar surface area (TPSA) is 130 Å². The Morgan fingerprint density at radius 2 is 1.79 bits per heavy atom. The molecular formula is C11H20N2O5S. The molecule has 5 N–H and O–H groups in total. The minimum atomic E-state index is -1.18. The van der Waals surface area contributed by atoms with E-state index in [4.69, 9.17) is 15.9 Å². The average molecular weight is 292 g/mol. The van der Waals surface area contributed by atoms with Crippen LogP contribution in [0.5, 0.6) is 0 Å². The highest BCUT2D eigenvalue weighted by molar-refractivity contribution is 8.00. The molecule has 2 unspecified atom stereocenters. The number of carbonyl (C=O) groups is 3. The molecule has 0 aromatic heterocycles. The summed E-state index contributed by atoms with van der Waals surface area (Å²) in [6, 6.07) is -1.12. The Bertz CT molecular complexity index is 353. The first-order chi connectivity index (χ1) is 8.53. The maximum atomic E-state index is 11.9. The summed E-state index contributed by atoms with van der Waals surface area (Å²) in [5.74, 6) is -2.76.